The van der Waals surface area contributed by atoms with Crippen LogP contribution in [-0.2, 0) is 10.0 Å². The largest absolute Gasteiger partial charge is 0.369 e. The number of hydrogen-bond donors (Lipinski definition) is 0. The number of sulfonamides is 1. The third-order valence-electron chi connectivity index (χ3n) is 4.63. The van der Waals surface area contributed by atoms with Crippen molar-refractivity contribution < 1.29 is 17.6 Å². The molecule has 0 saturated carbocycles. The van der Waals surface area contributed by atoms with Gasteiger partial charge in [0.2, 0.25) is 10.0 Å². The molecule has 0 amide bonds. The highest BCUT2D eigenvalue weighted by molar-refractivity contribution is 7.89. The van der Waals surface area contributed by atoms with Crippen LogP contribution in [0.1, 0.15) is 24.2 Å². The number of piperazine rings is 1. The number of benzene rings is 2. The van der Waals surface area contributed by atoms with Crippen molar-refractivity contribution in [1.29, 1.82) is 0 Å². The topological polar surface area (TPSA) is 57.7 Å². The number of hydrogen-bond acceptors (Lipinski definition) is 4. The Labute approximate surface area is 153 Å². The molecule has 2 aromatic carbocycles. The third kappa shape index (κ3) is 3.64. The van der Waals surface area contributed by atoms with Crippen LogP contribution in [0.25, 0.3) is 0 Å². The molecule has 0 N–H and O–H groups in total. The lowest BCUT2D eigenvalue weighted by Crippen LogP contribution is -2.54. The SMILES string of the molecule is CC(=O)c1ccc(S(=O)(=O)N2CCN(c3ccc(F)cc3)CC2C)cc1. The first kappa shape index (κ1) is 18.5. The predicted molar refractivity (Wildman–Crippen MR) is 98.4 cm³/mol. The molecule has 1 aliphatic heterocycles. The lowest BCUT2D eigenvalue weighted by Gasteiger charge is -2.40. The molecule has 7 heteroatoms. The zero-order chi connectivity index (χ0) is 18.9. The Morgan fingerprint density at radius 1 is 1.04 bits per heavy atom. The van der Waals surface area contributed by atoms with Crippen LogP contribution in [0.15, 0.2) is 53.4 Å². The first-order chi connectivity index (χ1) is 12.3. The van der Waals surface area contributed by atoms with Crippen molar-refractivity contribution in [1.82, 2.24) is 4.31 Å². The van der Waals surface area contributed by atoms with E-state index in [9.17, 15) is 17.6 Å². The molecule has 1 fully saturated rings. The second-order valence-electron chi connectivity index (χ2n) is 6.47. The minimum atomic E-state index is -3.63. The van der Waals surface area contributed by atoms with Crippen LogP contribution in [-0.4, -0.2) is 44.2 Å². The molecule has 5 nitrogen and oxygen atoms in total. The molecule has 0 bridgehead atoms. The summed E-state index contributed by atoms with van der Waals surface area (Å²) in [6.45, 7) is 4.70. The van der Waals surface area contributed by atoms with Gasteiger partial charge in [0, 0.05) is 36.9 Å². The summed E-state index contributed by atoms with van der Waals surface area (Å²) < 4.78 is 40.4. The standard InChI is InChI=1S/C19H21FN2O3S/c1-14-13-21(18-7-5-17(20)6-8-18)11-12-22(14)26(24,25)19-9-3-16(4-10-19)15(2)23/h3-10,14H,11-13H2,1-2H3. The highest BCUT2D eigenvalue weighted by atomic mass is 32.2. The van der Waals surface area contributed by atoms with Gasteiger partial charge in [0.25, 0.3) is 0 Å². The summed E-state index contributed by atoms with van der Waals surface area (Å²) in [5, 5.41) is 0. The van der Waals surface area contributed by atoms with Gasteiger partial charge in [0.1, 0.15) is 5.82 Å². The van der Waals surface area contributed by atoms with E-state index in [1.165, 1.54) is 47.6 Å². The summed E-state index contributed by atoms with van der Waals surface area (Å²) in [6.07, 6.45) is 0. The molecule has 0 aliphatic carbocycles. The van der Waals surface area contributed by atoms with E-state index in [-0.39, 0.29) is 22.5 Å². The number of carbonyl (C=O) groups is 1. The molecule has 26 heavy (non-hydrogen) atoms. The average Bonchev–Trinajstić information content (AvgIpc) is 2.62. The van der Waals surface area contributed by atoms with Crippen molar-refractivity contribution in [2.75, 3.05) is 24.5 Å². The highest BCUT2D eigenvalue weighted by Crippen LogP contribution is 2.25. The first-order valence-corrected chi connectivity index (χ1v) is 9.86. The Morgan fingerprint density at radius 2 is 1.65 bits per heavy atom. The Morgan fingerprint density at radius 3 is 2.19 bits per heavy atom. The Hall–Kier alpha value is -2.25. The summed E-state index contributed by atoms with van der Waals surface area (Å²) >= 11 is 0. The van der Waals surface area contributed by atoms with Gasteiger partial charge in [-0.05, 0) is 50.2 Å². The molecular formula is C19H21FN2O3S. The molecular weight excluding hydrogens is 355 g/mol. The van der Waals surface area contributed by atoms with E-state index in [0.717, 1.165) is 5.69 Å². The number of anilines is 1. The molecule has 1 aliphatic rings. The van der Waals surface area contributed by atoms with E-state index in [4.69, 9.17) is 0 Å². The maximum Gasteiger partial charge on any atom is 0.243 e. The van der Waals surface area contributed by atoms with Gasteiger partial charge >= 0.3 is 0 Å². The van der Waals surface area contributed by atoms with Crippen molar-refractivity contribution in [3.8, 4) is 0 Å². The molecule has 1 heterocycles. The van der Waals surface area contributed by atoms with Crippen LogP contribution < -0.4 is 4.90 Å². The van der Waals surface area contributed by atoms with Crippen LogP contribution >= 0.6 is 0 Å². The van der Waals surface area contributed by atoms with Gasteiger partial charge in [0.15, 0.2) is 5.78 Å². The zero-order valence-electron chi connectivity index (χ0n) is 14.7. The second-order valence-corrected chi connectivity index (χ2v) is 8.36. The van der Waals surface area contributed by atoms with Gasteiger partial charge < -0.3 is 4.90 Å². The summed E-state index contributed by atoms with van der Waals surface area (Å²) in [5.74, 6) is -0.396. The van der Waals surface area contributed by atoms with Gasteiger partial charge in [-0.25, -0.2) is 12.8 Å². The quantitative estimate of drug-likeness (QED) is 0.770. The average molecular weight is 376 g/mol. The van der Waals surface area contributed by atoms with Gasteiger partial charge in [-0.2, -0.15) is 4.31 Å². The van der Waals surface area contributed by atoms with Gasteiger partial charge in [-0.3, -0.25) is 4.79 Å². The van der Waals surface area contributed by atoms with E-state index in [1.807, 2.05) is 6.92 Å². The molecule has 1 atom stereocenters. The van der Waals surface area contributed by atoms with Crippen molar-refractivity contribution in [2.24, 2.45) is 0 Å². The maximum atomic E-state index is 13.1. The van der Waals surface area contributed by atoms with Gasteiger partial charge in [0.05, 0.1) is 4.90 Å². The summed E-state index contributed by atoms with van der Waals surface area (Å²) in [5.41, 5.74) is 1.36. The number of rotatable bonds is 4. The van der Waals surface area contributed by atoms with Crippen LogP contribution in [0, 0.1) is 5.82 Å². The van der Waals surface area contributed by atoms with E-state index < -0.39 is 10.0 Å². The highest BCUT2D eigenvalue weighted by Gasteiger charge is 2.33. The normalized spacial score (nSPS) is 18.7. The molecule has 1 unspecified atom stereocenters. The molecule has 3 rings (SSSR count). The van der Waals surface area contributed by atoms with Crippen molar-refractivity contribution in [3.63, 3.8) is 0 Å². The molecule has 0 radical (unpaired) electrons. The summed E-state index contributed by atoms with van der Waals surface area (Å²) in [7, 11) is -3.63. The van der Waals surface area contributed by atoms with Gasteiger partial charge in [-0.1, -0.05) is 12.1 Å². The number of carbonyl (C=O) groups excluding carboxylic acids is 1. The van der Waals surface area contributed by atoms with Crippen molar-refractivity contribution >= 4 is 21.5 Å². The second kappa shape index (κ2) is 7.17. The van der Waals surface area contributed by atoms with E-state index in [2.05, 4.69) is 4.90 Å². The lowest BCUT2D eigenvalue weighted by atomic mass is 10.2. The van der Waals surface area contributed by atoms with E-state index >= 15 is 0 Å². The number of Topliss-reactive ketones (excluding diaryl/α,β-unsaturated/α-hetero) is 1. The van der Waals surface area contributed by atoms with E-state index in [1.54, 1.807) is 12.1 Å². The third-order valence-corrected chi connectivity index (χ3v) is 6.65. The zero-order valence-corrected chi connectivity index (χ0v) is 15.5. The summed E-state index contributed by atoms with van der Waals surface area (Å²) in [6, 6.07) is 12.0. The first-order valence-electron chi connectivity index (χ1n) is 8.42. The minimum absolute atomic E-state index is 0.102. The molecule has 2 aromatic rings. The van der Waals surface area contributed by atoms with Gasteiger partial charge in [-0.15, -0.1) is 0 Å². The number of halogens is 1. The number of ketones is 1. The molecule has 0 spiro atoms. The smallest absolute Gasteiger partial charge is 0.243 e. The number of nitrogens with zero attached hydrogens (tertiary/aromatic N) is 2. The van der Waals surface area contributed by atoms with Crippen LogP contribution in [0.3, 0.4) is 0 Å². The van der Waals surface area contributed by atoms with Crippen LogP contribution in [0.5, 0.6) is 0 Å². The fourth-order valence-electron chi connectivity index (χ4n) is 3.18. The van der Waals surface area contributed by atoms with Crippen LogP contribution in [0.4, 0.5) is 10.1 Å². The van der Waals surface area contributed by atoms with Crippen molar-refractivity contribution in [2.45, 2.75) is 24.8 Å². The Balaban J connectivity index is 1.77. The molecule has 0 aromatic heterocycles. The van der Waals surface area contributed by atoms with Crippen molar-refractivity contribution in [3.05, 3.63) is 59.9 Å². The molecule has 1 saturated heterocycles. The minimum Gasteiger partial charge on any atom is -0.369 e. The Kier molecular flexibility index (Phi) is 5.11. The predicted octanol–water partition coefficient (Wildman–Crippen LogP) is 2.93. The van der Waals surface area contributed by atoms with E-state index in [0.29, 0.717) is 25.2 Å². The monoisotopic (exact) mass is 376 g/mol. The Bertz CT molecular complexity index is 895. The lowest BCUT2D eigenvalue weighted by molar-refractivity contribution is 0.101. The van der Waals surface area contributed by atoms with Crippen LogP contribution in [0.2, 0.25) is 0 Å². The summed E-state index contributed by atoms with van der Waals surface area (Å²) in [4.78, 5) is 13.6. The maximum absolute atomic E-state index is 13.1. The fraction of sp³-hybridized carbons (Fsp3) is 0.316. The molecule has 138 valence electrons. The fourth-order valence-corrected chi connectivity index (χ4v) is 4.79.